The molecule has 0 radical (unpaired) electrons. The van der Waals surface area contributed by atoms with Gasteiger partial charge in [-0.15, -0.1) is 0 Å². The number of carbonyl (C=O) groups excluding carboxylic acids is 3. The molecule has 3 aromatic carbocycles. The van der Waals surface area contributed by atoms with Crippen molar-refractivity contribution < 1.29 is 41.2 Å². The van der Waals surface area contributed by atoms with Crippen LogP contribution in [0.4, 0.5) is 0 Å². The number of Topliss-reactive ketones (excluding diaryl/α,β-unsaturated/α-hetero) is 1. The second kappa shape index (κ2) is 16.7. The normalized spacial score (nSPS) is 19.0. The first-order valence-electron chi connectivity index (χ1n) is 14.6. The lowest BCUT2D eigenvalue weighted by molar-refractivity contribution is -0.120. The summed E-state index contributed by atoms with van der Waals surface area (Å²) in [6.45, 7) is 1.05. The quantitative estimate of drug-likeness (QED) is 0.125. The van der Waals surface area contributed by atoms with Crippen molar-refractivity contribution in [2.75, 3.05) is 20.0 Å². The summed E-state index contributed by atoms with van der Waals surface area (Å²) < 4.78 is 46.9. The van der Waals surface area contributed by atoms with Crippen LogP contribution in [-0.4, -0.2) is 64.2 Å². The van der Waals surface area contributed by atoms with Crippen LogP contribution in [0, 0.1) is 0 Å². The van der Waals surface area contributed by atoms with Crippen LogP contribution in [0.3, 0.4) is 0 Å². The monoisotopic (exact) mass is 663 g/mol. The lowest BCUT2D eigenvalue weighted by Gasteiger charge is -2.24. The number of hydrogen-bond donors (Lipinski definition) is 3. The van der Waals surface area contributed by atoms with Crippen molar-refractivity contribution in [3.8, 4) is 0 Å². The maximum atomic E-state index is 13.9. The third-order valence-corrected chi connectivity index (χ3v) is 7.54. The fraction of sp³-hybridized carbons (Fsp3) is 0.265. The summed E-state index contributed by atoms with van der Waals surface area (Å²) in [5.41, 5.74) is 1.54. The molecule has 2 amide bonds. The molecule has 1 aliphatic rings. The molecule has 0 aliphatic carbocycles. The Morgan fingerprint density at radius 2 is 1.38 bits per heavy atom. The Kier molecular flexibility index (Phi) is 12.4. The molecule has 0 aromatic heterocycles. The van der Waals surface area contributed by atoms with Crippen molar-refractivity contribution in [1.29, 1.82) is 0 Å². The van der Waals surface area contributed by atoms with Gasteiger partial charge in [-0.2, -0.15) is 8.42 Å². The molecule has 0 bridgehead atoms. The van der Waals surface area contributed by atoms with Crippen LogP contribution in [0.25, 0.3) is 0 Å². The van der Waals surface area contributed by atoms with Gasteiger partial charge in [-0.25, -0.2) is 0 Å². The van der Waals surface area contributed by atoms with Gasteiger partial charge in [0.05, 0.1) is 44.9 Å². The van der Waals surface area contributed by atoms with Crippen molar-refractivity contribution in [3.05, 3.63) is 131 Å². The summed E-state index contributed by atoms with van der Waals surface area (Å²) in [5.74, 6) is -1.99. The number of rotatable bonds is 15. The molecule has 3 N–H and O–H groups in total. The van der Waals surface area contributed by atoms with Gasteiger partial charge >= 0.3 is 0 Å². The molecule has 1 saturated heterocycles. The first kappa shape index (κ1) is 35.0. The highest BCUT2D eigenvalue weighted by Gasteiger charge is 2.45. The highest BCUT2D eigenvalue weighted by molar-refractivity contribution is 7.85. The van der Waals surface area contributed by atoms with Crippen LogP contribution in [0.1, 0.15) is 28.4 Å². The number of nitrogens with one attached hydrogen (secondary N) is 3. The maximum Gasteiger partial charge on any atom is 0.274 e. The standard InChI is InChI=1S/C34H37N3O9S/c1-23(38)27(21-43-2)36-34(40)30(37-33(39)26-17-11-6-12-18-26)29-32(45-20-25-15-9-5-10-16-25)31(28(35-29)22-46-47(3,41)42)44-19-24-13-7-4-8-14-24/h4-18,21,28,31-32,35H,19-20,22H2,1-3H3,(H,36,40)(H,37,39)/b27-21+,30-29+/t28-,31+,32+/m0/s1. The van der Waals surface area contributed by atoms with E-state index in [4.69, 9.17) is 18.4 Å². The predicted octanol–water partition coefficient (Wildman–Crippen LogP) is 2.94. The Hall–Kier alpha value is -4.82. The van der Waals surface area contributed by atoms with Crippen LogP contribution in [-0.2, 0) is 51.3 Å². The van der Waals surface area contributed by atoms with Gasteiger partial charge in [0.1, 0.15) is 29.9 Å². The average Bonchev–Trinajstić information content (AvgIpc) is 3.41. The van der Waals surface area contributed by atoms with Gasteiger partial charge < -0.3 is 30.2 Å². The molecule has 0 unspecified atom stereocenters. The number of methoxy groups -OCH3 is 1. The van der Waals surface area contributed by atoms with E-state index in [1.807, 2.05) is 60.7 Å². The summed E-state index contributed by atoms with van der Waals surface area (Å²) in [5, 5.41) is 8.31. The molecule has 0 saturated carbocycles. The largest absolute Gasteiger partial charge is 0.502 e. The number of ether oxygens (including phenoxy) is 3. The van der Waals surface area contributed by atoms with Gasteiger partial charge in [-0.3, -0.25) is 18.6 Å². The van der Waals surface area contributed by atoms with Gasteiger partial charge in [0.15, 0.2) is 5.78 Å². The zero-order chi connectivity index (χ0) is 33.8. The zero-order valence-corrected chi connectivity index (χ0v) is 27.0. The molecule has 3 aromatic rings. The van der Waals surface area contributed by atoms with Crippen molar-refractivity contribution in [1.82, 2.24) is 16.0 Å². The molecular weight excluding hydrogens is 626 g/mol. The number of allylic oxidation sites excluding steroid dienone is 1. The Morgan fingerprint density at radius 1 is 0.830 bits per heavy atom. The molecular formula is C34H37N3O9S. The van der Waals surface area contributed by atoms with E-state index in [1.54, 1.807) is 30.3 Å². The fourth-order valence-corrected chi connectivity index (χ4v) is 5.11. The Labute approximate surface area is 273 Å². The molecule has 3 atom stereocenters. The molecule has 0 spiro atoms. The van der Waals surface area contributed by atoms with Crippen molar-refractivity contribution >= 4 is 27.7 Å². The van der Waals surface area contributed by atoms with Crippen molar-refractivity contribution in [2.45, 2.75) is 38.4 Å². The van der Waals surface area contributed by atoms with Crippen LogP contribution in [0.5, 0.6) is 0 Å². The van der Waals surface area contributed by atoms with Gasteiger partial charge in [-0.05, 0) is 23.3 Å². The third kappa shape index (κ3) is 10.3. The first-order valence-corrected chi connectivity index (χ1v) is 16.4. The van der Waals surface area contributed by atoms with Crippen LogP contribution in [0.15, 0.2) is 114 Å². The maximum absolute atomic E-state index is 13.9. The minimum absolute atomic E-state index is 0.0747. The Balaban J connectivity index is 1.82. The van der Waals surface area contributed by atoms with E-state index in [0.717, 1.165) is 23.6 Å². The number of carbonyl (C=O) groups is 3. The van der Waals surface area contributed by atoms with Gasteiger partial charge in [0.25, 0.3) is 21.9 Å². The highest BCUT2D eigenvalue weighted by Crippen LogP contribution is 2.29. The molecule has 248 valence electrons. The zero-order valence-electron chi connectivity index (χ0n) is 26.2. The highest BCUT2D eigenvalue weighted by atomic mass is 32.2. The van der Waals surface area contributed by atoms with E-state index >= 15 is 0 Å². The molecule has 4 rings (SSSR count). The van der Waals surface area contributed by atoms with Gasteiger partial charge in [0.2, 0.25) is 0 Å². The smallest absolute Gasteiger partial charge is 0.274 e. The number of benzene rings is 3. The summed E-state index contributed by atoms with van der Waals surface area (Å²) in [6.07, 6.45) is 0.0402. The first-order chi connectivity index (χ1) is 22.6. The molecule has 1 heterocycles. The Bertz CT molecular complexity index is 1700. The van der Waals surface area contributed by atoms with Crippen molar-refractivity contribution in [3.63, 3.8) is 0 Å². The van der Waals surface area contributed by atoms with Gasteiger partial charge in [0, 0.05) is 12.5 Å². The number of hydrogen-bond acceptors (Lipinski definition) is 10. The summed E-state index contributed by atoms with van der Waals surface area (Å²) in [4.78, 5) is 39.6. The number of amides is 2. The van der Waals surface area contributed by atoms with E-state index in [-0.39, 0.29) is 42.5 Å². The third-order valence-electron chi connectivity index (χ3n) is 6.97. The van der Waals surface area contributed by atoms with Crippen molar-refractivity contribution in [2.24, 2.45) is 0 Å². The molecule has 47 heavy (non-hydrogen) atoms. The molecule has 13 heteroatoms. The summed E-state index contributed by atoms with van der Waals surface area (Å²) in [7, 11) is -2.56. The molecule has 1 aliphatic heterocycles. The lowest BCUT2D eigenvalue weighted by atomic mass is 10.1. The van der Waals surface area contributed by atoms with E-state index in [9.17, 15) is 22.8 Å². The molecule has 1 fully saturated rings. The average molecular weight is 664 g/mol. The second-order valence-corrected chi connectivity index (χ2v) is 12.2. The Morgan fingerprint density at radius 3 is 1.91 bits per heavy atom. The topological polar surface area (TPSA) is 158 Å². The lowest BCUT2D eigenvalue weighted by Crippen LogP contribution is -2.40. The fourth-order valence-electron chi connectivity index (χ4n) is 4.72. The van der Waals surface area contributed by atoms with E-state index in [2.05, 4.69) is 16.0 Å². The van der Waals surface area contributed by atoms with Crippen LogP contribution >= 0.6 is 0 Å². The summed E-state index contributed by atoms with van der Waals surface area (Å²) >= 11 is 0. The predicted molar refractivity (Wildman–Crippen MR) is 173 cm³/mol. The molecule has 12 nitrogen and oxygen atoms in total. The van der Waals surface area contributed by atoms with E-state index in [1.165, 1.54) is 14.0 Å². The van der Waals surface area contributed by atoms with E-state index < -0.39 is 46.0 Å². The number of ketones is 1. The van der Waals surface area contributed by atoms with E-state index in [0.29, 0.717) is 0 Å². The van der Waals surface area contributed by atoms with Crippen LogP contribution in [0.2, 0.25) is 0 Å². The minimum atomic E-state index is -3.88. The minimum Gasteiger partial charge on any atom is -0.502 e. The summed E-state index contributed by atoms with van der Waals surface area (Å²) in [6, 6.07) is 25.9. The van der Waals surface area contributed by atoms with Crippen LogP contribution < -0.4 is 16.0 Å². The van der Waals surface area contributed by atoms with Gasteiger partial charge in [-0.1, -0.05) is 78.9 Å². The second-order valence-electron chi connectivity index (χ2n) is 10.6. The SMILES string of the molecule is CO/C=C(/NC(=O)/C(NC(=O)c1ccccc1)=C1\N[C@@H](COS(C)(=O)=O)[C@@H](OCc2ccccc2)[C@@H]1OCc1ccccc1)C(C)=O.